The summed E-state index contributed by atoms with van der Waals surface area (Å²) in [5.74, 6) is -0.653. The Morgan fingerprint density at radius 1 is 1.71 bits per heavy atom. The molecule has 1 aromatic rings. The second-order valence-corrected chi connectivity index (χ2v) is 1.13. The molecule has 1 rings (SSSR count). The van der Waals surface area contributed by atoms with Gasteiger partial charge < -0.3 is 10.2 Å². The van der Waals surface area contributed by atoms with Crippen LogP contribution < -0.4 is 5.73 Å². The molecule has 0 spiro atoms. The van der Waals surface area contributed by atoms with E-state index in [0.29, 0.717) is 0 Å². The summed E-state index contributed by atoms with van der Waals surface area (Å²) in [7, 11) is 0. The zero-order chi connectivity index (χ0) is 5.28. The van der Waals surface area contributed by atoms with E-state index in [-0.39, 0.29) is 5.88 Å². The lowest BCUT2D eigenvalue weighted by atomic mass is 10.6. The minimum Gasteiger partial charge on any atom is -0.446 e. The first kappa shape index (κ1) is 4.18. The van der Waals surface area contributed by atoms with Gasteiger partial charge >= 0.3 is 0 Å². The van der Waals surface area contributed by atoms with E-state index >= 15 is 0 Å². The highest BCUT2D eigenvalue weighted by molar-refractivity contribution is 5.24. The van der Waals surface area contributed by atoms with Crippen molar-refractivity contribution in [1.29, 1.82) is 0 Å². The first-order chi connectivity index (χ1) is 3.30. The van der Waals surface area contributed by atoms with Gasteiger partial charge in [-0.3, -0.25) is 0 Å². The van der Waals surface area contributed by atoms with Crippen molar-refractivity contribution in [2.45, 2.75) is 0 Å². The molecule has 1 heterocycles. The van der Waals surface area contributed by atoms with Crippen LogP contribution in [0.25, 0.3) is 0 Å². The van der Waals surface area contributed by atoms with Crippen molar-refractivity contribution in [2.75, 3.05) is 5.73 Å². The van der Waals surface area contributed by atoms with Crippen LogP contribution in [0.2, 0.25) is 0 Å². The molecule has 0 aromatic carbocycles. The standard InChI is InChI=1S/C4H4FNO/c5-3-1-2-7-4(3)6/h1-2H,6H2. The monoisotopic (exact) mass is 101 g/mol. The third-order valence-electron chi connectivity index (χ3n) is 0.645. The number of hydrogen-bond acceptors (Lipinski definition) is 2. The highest BCUT2D eigenvalue weighted by Gasteiger charge is 1.95. The van der Waals surface area contributed by atoms with Crippen LogP contribution in [-0.2, 0) is 0 Å². The molecule has 0 saturated heterocycles. The molecular weight excluding hydrogens is 97.0 g/mol. The smallest absolute Gasteiger partial charge is 0.226 e. The number of hydrogen-bond donors (Lipinski definition) is 1. The first-order valence-corrected chi connectivity index (χ1v) is 1.79. The van der Waals surface area contributed by atoms with Gasteiger partial charge in [0.2, 0.25) is 5.88 Å². The van der Waals surface area contributed by atoms with Crippen molar-refractivity contribution in [3.63, 3.8) is 0 Å². The predicted molar refractivity (Wildman–Crippen MR) is 23.1 cm³/mol. The summed E-state index contributed by atoms with van der Waals surface area (Å²) in [5, 5.41) is 0. The van der Waals surface area contributed by atoms with Crippen LogP contribution in [0.4, 0.5) is 10.3 Å². The van der Waals surface area contributed by atoms with E-state index in [4.69, 9.17) is 5.73 Å². The summed E-state index contributed by atoms with van der Waals surface area (Å²) in [6.45, 7) is 0. The number of rotatable bonds is 0. The fraction of sp³-hybridized carbons (Fsp3) is 0. The number of nitrogens with two attached hydrogens (primary N) is 1. The van der Waals surface area contributed by atoms with E-state index in [9.17, 15) is 4.39 Å². The van der Waals surface area contributed by atoms with Crippen molar-refractivity contribution in [3.05, 3.63) is 18.1 Å². The number of nitrogen functional groups attached to an aromatic ring is 1. The van der Waals surface area contributed by atoms with Gasteiger partial charge in [0.15, 0.2) is 5.82 Å². The minimum atomic E-state index is -0.500. The fourth-order valence-corrected chi connectivity index (χ4v) is 0.305. The van der Waals surface area contributed by atoms with Gasteiger partial charge in [-0.05, 0) is 0 Å². The topological polar surface area (TPSA) is 39.2 Å². The lowest BCUT2D eigenvalue weighted by molar-refractivity contribution is 0.555. The second-order valence-electron chi connectivity index (χ2n) is 1.13. The molecule has 1 aromatic heterocycles. The third kappa shape index (κ3) is 0.559. The molecule has 0 bridgehead atoms. The summed E-state index contributed by atoms with van der Waals surface area (Å²) in [5.41, 5.74) is 4.90. The van der Waals surface area contributed by atoms with Gasteiger partial charge in [-0.15, -0.1) is 0 Å². The quantitative estimate of drug-likeness (QED) is 0.529. The van der Waals surface area contributed by atoms with E-state index in [1.165, 1.54) is 6.26 Å². The summed E-state index contributed by atoms with van der Waals surface area (Å²) < 4.78 is 16.2. The lowest BCUT2D eigenvalue weighted by Gasteiger charge is -1.76. The van der Waals surface area contributed by atoms with Crippen LogP contribution in [-0.4, -0.2) is 0 Å². The minimum absolute atomic E-state index is 0.153. The highest BCUT2D eigenvalue weighted by Crippen LogP contribution is 2.07. The zero-order valence-electron chi connectivity index (χ0n) is 3.52. The summed E-state index contributed by atoms with van der Waals surface area (Å²) in [4.78, 5) is 0. The van der Waals surface area contributed by atoms with Crippen molar-refractivity contribution in [3.8, 4) is 0 Å². The predicted octanol–water partition coefficient (Wildman–Crippen LogP) is 1.00. The van der Waals surface area contributed by atoms with Gasteiger partial charge in [0, 0.05) is 6.07 Å². The summed E-state index contributed by atoms with van der Waals surface area (Å²) in [6.07, 6.45) is 1.20. The fourth-order valence-electron chi connectivity index (χ4n) is 0.305. The normalized spacial score (nSPS) is 9.29. The van der Waals surface area contributed by atoms with Crippen LogP contribution in [0.5, 0.6) is 0 Å². The SMILES string of the molecule is Nc1occc1F. The maximum absolute atomic E-state index is 11.9. The van der Waals surface area contributed by atoms with E-state index < -0.39 is 5.82 Å². The largest absolute Gasteiger partial charge is 0.446 e. The molecule has 2 N–H and O–H groups in total. The Hall–Kier alpha value is -0.990. The second kappa shape index (κ2) is 1.26. The molecule has 2 nitrogen and oxygen atoms in total. The molecule has 38 valence electrons. The average molecular weight is 101 g/mol. The molecule has 0 aliphatic carbocycles. The molecule has 0 amide bonds. The molecule has 3 heteroatoms. The Balaban J connectivity index is 3.12. The number of halogens is 1. The van der Waals surface area contributed by atoms with Crippen molar-refractivity contribution in [2.24, 2.45) is 0 Å². The van der Waals surface area contributed by atoms with E-state index in [0.717, 1.165) is 6.07 Å². The Morgan fingerprint density at radius 2 is 2.43 bits per heavy atom. The van der Waals surface area contributed by atoms with Gasteiger partial charge in [0.25, 0.3) is 0 Å². The van der Waals surface area contributed by atoms with Crippen LogP contribution in [0, 0.1) is 5.82 Å². The Kier molecular flexibility index (Phi) is 0.749. The molecular formula is C4H4FNO. The average Bonchev–Trinajstić information content (AvgIpc) is 1.91. The zero-order valence-corrected chi connectivity index (χ0v) is 3.52. The molecule has 0 fully saturated rings. The van der Waals surface area contributed by atoms with Crippen LogP contribution in [0.3, 0.4) is 0 Å². The summed E-state index contributed by atoms with van der Waals surface area (Å²) >= 11 is 0. The van der Waals surface area contributed by atoms with Crippen molar-refractivity contribution < 1.29 is 8.81 Å². The number of furan rings is 1. The molecule has 0 aliphatic heterocycles. The van der Waals surface area contributed by atoms with E-state index in [2.05, 4.69) is 4.42 Å². The van der Waals surface area contributed by atoms with Crippen LogP contribution >= 0.6 is 0 Å². The van der Waals surface area contributed by atoms with Gasteiger partial charge in [-0.25, -0.2) is 4.39 Å². The van der Waals surface area contributed by atoms with Crippen LogP contribution in [0.15, 0.2) is 16.7 Å². The van der Waals surface area contributed by atoms with Crippen LogP contribution in [0.1, 0.15) is 0 Å². The van der Waals surface area contributed by atoms with Gasteiger partial charge in [0.1, 0.15) is 0 Å². The molecule has 0 aliphatic rings. The molecule has 0 radical (unpaired) electrons. The molecule has 0 atom stereocenters. The maximum Gasteiger partial charge on any atom is 0.226 e. The maximum atomic E-state index is 11.9. The molecule has 0 saturated carbocycles. The van der Waals surface area contributed by atoms with Gasteiger partial charge in [0.05, 0.1) is 6.26 Å². The van der Waals surface area contributed by atoms with E-state index in [1.54, 1.807) is 0 Å². The first-order valence-electron chi connectivity index (χ1n) is 1.79. The Bertz CT molecular complexity index is 144. The van der Waals surface area contributed by atoms with Crippen molar-refractivity contribution >= 4 is 5.88 Å². The Morgan fingerprint density at radius 3 is 2.57 bits per heavy atom. The highest BCUT2D eigenvalue weighted by atomic mass is 19.1. The van der Waals surface area contributed by atoms with Gasteiger partial charge in [-0.1, -0.05) is 0 Å². The third-order valence-corrected chi connectivity index (χ3v) is 0.645. The lowest BCUT2D eigenvalue weighted by Crippen LogP contribution is -1.81. The molecule has 7 heavy (non-hydrogen) atoms. The van der Waals surface area contributed by atoms with Crippen molar-refractivity contribution in [1.82, 2.24) is 0 Å². The van der Waals surface area contributed by atoms with Gasteiger partial charge in [-0.2, -0.15) is 0 Å². The Labute approximate surface area is 39.7 Å². The van der Waals surface area contributed by atoms with E-state index in [1.807, 2.05) is 0 Å². The molecule has 0 unspecified atom stereocenters. The summed E-state index contributed by atoms with van der Waals surface area (Å²) in [6, 6.07) is 1.16. The number of anilines is 1.